The molecule has 3 rings (SSSR count). The molecule has 0 bridgehead atoms. The molecule has 1 N–H and O–H groups in total. The fourth-order valence-corrected chi connectivity index (χ4v) is 4.99. The van der Waals surface area contributed by atoms with Gasteiger partial charge in [-0.3, -0.25) is 9.10 Å². The maximum atomic E-state index is 12.2. The minimum Gasteiger partial charge on any atom is -0.351 e. The van der Waals surface area contributed by atoms with Gasteiger partial charge in [0, 0.05) is 25.2 Å². The van der Waals surface area contributed by atoms with Gasteiger partial charge in [-0.2, -0.15) is 0 Å². The number of amides is 1. The molecular weight excluding hydrogens is 338 g/mol. The Balaban J connectivity index is 1.49. The molecule has 2 aliphatic heterocycles. The minimum absolute atomic E-state index is 0.110. The Labute approximate surface area is 150 Å². The molecule has 1 aromatic rings. The summed E-state index contributed by atoms with van der Waals surface area (Å²) in [5, 5.41) is 2.95. The van der Waals surface area contributed by atoms with Crippen molar-refractivity contribution in [3.63, 3.8) is 0 Å². The van der Waals surface area contributed by atoms with Crippen LogP contribution in [-0.4, -0.2) is 57.7 Å². The van der Waals surface area contributed by atoms with Crippen molar-refractivity contribution in [3.8, 4) is 0 Å². The highest BCUT2D eigenvalue weighted by Crippen LogP contribution is 2.24. The minimum atomic E-state index is -3.18. The van der Waals surface area contributed by atoms with Crippen molar-refractivity contribution in [2.24, 2.45) is 5.92 Å². The summed E-state index contributed by atoms with van der Waals surface area (Å²) in [4.78, 5) is 14.6. The summed E-state index contributed by atoms with van der Waals surface area (Å²) >= 11 is 0. The molecule has 0 unspecified atom stereocenters. The van der Waals surface area contributed by atoms with Gasteiger partial charge in [0.1, 0.15) is 0 Å². The van der Waals surface area contributed by atoms with E-state index in [1.807, 2.05) is 0 Å². The normalized spacial score (nSPS) is 21.4. The van der Waals surface area contributed by atoms with Crippen LogP contribution in [0.2, 0.25) is 0 Å². The number of sulfonamides is 1. The summed E-state index contributed by atoms with van der Waals surface area (Å²) in [6.07, 6.45) is 3.11. The Bertz CT molecular complexity index is 695. The predicted molar refractivity (Wildman–Crippen MR) is 99.4 cm³/mol. The third-order valence-electron chi connectivity index (χ3n) is 5.11. The molecule has 2 fully saturated rings. The number of anilines is 1. The smallest absolute Gasteiger partial charge is 0.251 e. The molecule has 0 aliphatic carbocycles. The van der Waals surface area contributed by atoms with Crippen LogP contribution in [0, 0.1) is 5.92 Å². The third kappa shape index (κ3) is 4.52. The first-order chi connectivity index (χ1) is 12.0. The molecule has 2 aliphatic rings. The van der Waals surface area contributed by atoms with Crippen LogP contribution in [0.1, 0.15) is 36.5 Å². The molecule has 138 valence electrons. The van der Waals surface area contributed by atoms with E-state index in [2.05, 4.69) is 17.1 Å². The van der Waals surface area contributed by atoms with E-state index in [-0.39, 0.29) is 11.7 Å². The highest BCUT2D eigenvalue weighted by Gasteiger charge is 2.28. The Kier molecular flexibility index (Phi) is 5.64. The van der Waals surface area contributed by atoms with E-state index < -0.39 is 10.0 Å². The second-order valence-corrected chi connectivity index (χ2v) is 9.08. The molecule has 2 saturated heterocycles. The summed E-state index contributed by atoms with van der Waals surface area (Å²) in [6.45, 7) is 6.53. The second-order valence-electron chi connectivity index (χ2n) is 7.07. The number of nitrogens with zero attached hydrogens (tertiary/aromatic N) is 2. The second kappa shape index (κ2) is 7.74. The van der Waals surface area contributed by atoms with Crippen LogP contribution in [0.3, 0.4) is 0 Å². The van der Waals surface area contributed by atoms with E-state index in [9.17, 15) is 13.2 Å². The molecule has 2 heterocycles. The molecule has 7 heteroatoms. The lowest BCUT2D eigenvalue weighted by atomic mass is 9.99. The predicted octanol–water partition coefficient (Wildman–Crippen LogP) is 1.69. The molecule has 6 nitrogen and oxygen atoms in total. The zero-order valence-corrected chi connectivity index (χ0v) is 15.6. The van der Waals surface area contributed by atoms with E-state index in [0.29, 0.717) is 30.8 Å². The summed E-state index contributed by atoms with van der Waals surface area (Å²) in [6, 6.07) is 6.82. The van der Waals surface area contributed by atoms with Crippen LogP contribution < -0.4 is 9.62 Å². The first-order valence-corrected chi connectivity index (χ1v) is 10.7. The van der Waals surface area contributed by atoms with Crippen LogP contribution in [0.25, 0.3) is 0 Å². The topological polar surface area (TPSA) is 69.7 Å². The number of likely N-dealkylation sites (tertiary alicyclic amines) is 1. The van der Waals surface area contributed by atoms with Gasteiger partial charge in [-0.25, -0.2) is 8.42 Å². The molecule has 1 aromatic carbocycles. The fourth-order valence-electron chi connectivity index (χ4n) is 3.42. The van der Waals surface area contributed by atoms with Crippen LogP contribution in [-0.2, 0) is 10.0 Å². The molecule has 0 aromatic heterocycles. The number of nitrogens with one attached hydrogen (secondary N) is 1. The largest absolute Gasteiger partial charge is 0.351 e. The number of piperidine rings is 1. The highest BCUT2D eigenvalue weighted by atomic mass is 32.2. The summed E-state index contributed by atoms with van der Waals surface area (Å²) < 4.78 is 25.3. The van der Waals surface area contributed by atoms with Crippen LogP contribution >= 0.6 is 0 Å². The number of benzene rings is 1. The van der Waals surface area contributed by atoms with Gasteiger partial charge in [0.05, 0.1) is 11.4 Å². The van der Waals surface area contributed by atoms with Crippen molar-refractivity contribution >= 4 is 21.6 Å². The number of rotatable bonds is 5. The average Bonchev–Trinajstić information content (AvgIpc) is 2.96. The lowest BCUT2D eigenvalue weighted by Crippen LogP contribution is -2.39. The van der Waals surface area contributed by atoms with Crippen LogP contribution in [0.15, 0.2) is 24.3 Å². The van der Waals surface area contributed by atoms with E-state index in [4.69, 9.17) is 0 Å². The maximum Gasteiger partial charge on any atom is 0.251 e. The van der Waals surface area contributed by atoms with Crippen LogP contribution in [0.5, 0.6) is 0 Å². The van der Waals surface area contributed by atoms with Gasteiger partial charge in [0.2, 0.25) is 10.0 Å². The van der Waals surface area contributed by atoms with Crippen molar-refractivity contribution in [3.05, 3.63) is 29.8 Å². The summed E-state index contributed by atoms with van der Waals surface area (Å²) in [7, 11) is -3.18. The summed E-state index contributed by atoms with van der Waals surface area (Å²) in [5.74, 6) is 0.898. The summed E-state index contributed by atoms with van der Waals surface area (Å²) in [5.41, 5.74) is 1.20. The standard InChI is InChI=1S/C18H27N3O3S/c1-15-7-11-20(12-8-15)13-9-19-18(22)16-3-5-17(6-4-16)21-10-2-14-25(21,23)24/h3-6,15H,2,7-14H2,1H3,(H,19,22). The Morgan fingerprint density at radius 2 is 1.84 bits per heavy atom. The lowest BCUT2D eigenvalue weighted by Gasteiger charge is -2.30. The fraction of sp³-hybridized carbons (Fsp3) is 0.611. The number of carbonyl (C=O) groups excluding carboxylic acids is 1. The Morgan fingerprint density at radius 3 is 2.44 bits per heavy atom. The number of hydrogen-bond donors (Lipinski definition) is 1. The average molecular weight is 365 g/mol. The SMILES string of the molecule is CC1CCN(CCNC(=O)c2ccc(N3CCCS3(=O)=O)cc2)CC1. The van der Waals surface area contributed by atoms with Gasteiger partial charge >= 0.3 is 0 Å². The van der Waals surface area contributed by atoms with Crippen molar-refractivity contribution in [1.29, 1.82) is 0 Å². The Morgan fingerprint density at radius 1 is 1.16 bits per heavy atom. The first kappa shape index (κ1) is 18.2. The van der Waals surface area contributed by atoms with Gasteiger partial charge < -0.3 is 10.2 Å². The van der Waals surface area contributed by atoms with Gasteiger partial charge in [0.25, 0.3) is 5.91 Å². The molecule has 0 radical (unpaired) electrons. The molecule has 1 amide bonds. The van der Waals surface area contributed by atoms with Crippen molar-refractivity contribution in [2.75, 3.05) is 42.8 Å². The monoisotopic (exact) mass is 365 g/mol. The van der Waals surface area contributed by atoms with Crippen molar-refractivity contribution < 1.29 is 13.2 Å². The van der Waals surface area contributed by atoms with Crippen molar-refractivity contribution in [1.82, 2.24) is 10.2 Å². The van der Waals surface area contributed by atoms with Crippen molar-refractivity contribution in [2.45, 2.75) is 26.2 Å². The zero-order chi connectivity index (χ0) is 17.9. The third-order valence-corrected chi connectivity index (χ3v) is 6.98. The number of hydrogen-bond acceptors (Lipinski definition) is 4. The number of carbonyl (C=O) groups is 1. The Hall–Kier alpha value is -1.60. The molecular formula is C18H27N3O3S. The van der Waals surface area contributed by atoms with Crippen LogP contribution in [0.4, 0.5) is 5.69 Å². The zero-order valence-electron chi connectivity index (χ0n) is 14.8. The van der Waals surface area contributed by atoms with Gasteiger partial charge in [0.15, 0.2) is 0 Å². The van der Waals surface area contributed by atoms with Gasteiger partial charge in [-0.15, -0.1) is 0 Å². The van der Waals surface area contributed by atoms with Gasteiger partial charge in [-0.1, -0.05) is 6.92 Å². The maximum absolute atomic E-state index is 12.2. The lowest BCUT2D eigenvalue weighted by molar-refractivity contribution is 0.0944. The quantitative estimate of drug-likeness (QED) is 0.862. The van der Waals surface area contributed by atoms with E-state index in [1.54, 1.807) is 24.3 Å². The van der Waals surface area contributed by atoms with E-state index in [0.717, 1.165) is 25.6 Å². The molecule has 0 saturated carbocycles. The molecule has 0 atom stereocenters. The van der Waals surface area contributed by atoms with E-state index >= 15 is 0 Å². The highest BCUT2D eigenvalue weighted by molar-refractivity contribution is 7.93. The van der Waals surface area contributed by atoms with Gasteiger partial charge in [-0.05, 0) is 62.5 Å². The van der Waals surface area contributed by atoms with E-state index in [1.165, 1.54) is 17.1 Å². The molecule has 25 heavy (non-hydrogen) atoms. The first-order valence-electron chi connectivity index (χ1n) is 9.07. The molecule has 0 spiro atoms.